The number of hydrogen-bond acceptors (Lipinski definition) is 4. The second-order valence-corrected chi connectivity index (χ2v) is 6.02. The summed E-state index contributed by atoms with van der Waals surface area (Å²) in [6.07, 6.45) is 2.40. The van der Waals surface area contributed by atoms with Gasteiger partial charge >= 0.3 is 0 Å². The summed E-state index contributed by atoms with van der Waals surface area (Å²) in [5.41, 5.74) is 6.90. The number of hydrogen-bond donors (Lipinski definition) is 2. The number of nitrogens with two attached hydrogens (primary N) is 1. The van der Waals surface area contributed by atoms with E-state index in [0.29, 0.717) is 5.92 Å². The summed E-state index contributed by atoms with van der Waals surface area (Å²) in [4.78, 5) is 4.43. The summed E-state index contributed by atoms with van der Waals surface area (Å²) in [5.74, 6) is 1.39. The van der Waals surface area contributed by atoms with E-state index >= 15 is 0 Å². The van der Waals surface area contributed by atoms with E-state index in [1.165, 1.54) is 17.8 Å². The molecule has 0 spiro atoms. The van der Waals surface area contributed by atoms with Gasteiger partial charge in [-0.1, -0.05) is 13.8 Å². The van der Waals surface area contributed by atoms with Gasteiger partial charge < -0.3 is 11.1 Å². The van der Waals surface area contributed by atoms with E-state index in [4.69, 9.17) is 5.73 Å². The Labute approximate surface area is 109 Å². The molecule has 1 aromatic rings. The van der Waals surface area contributed by atoms with Gasteiger partial charge in [0.25, 0.3) is 0 Å². The minimum absolute atomic E-state index is 0.653. The number of aryl methyl sites for hydroxylation is 1. The van der Waals surface area contributed by atoms with Gasteiger partial charge in [0.05, 0.1) is 0 Å². The maximum atomic E-state index is 5.78. The zero-order valence-corrected chi connectivity index (χ0v) is 12.0. The van der Waals surface area contributed by atoms with E-state index < -0.39 is 0 Å². The Morgan fingerprint density at radius 2 is 2.24 bits per heavy atom. The van der Waals surface area contributed by atoms with Crippen LogP contribution in [-0.2, 0) is 6.54 Å². The van der Waals surface area contributed by atoms with Gasteiger partial charge in [-0.25, -0.2) is 4.98 Å². The first-order valence-electron chi connectivity index (χ1n) is 6.43. The number of nitrogens with one attached hydrogen (secondary N) is 1. The Morgan fingerprint density at radius 3 is 2.76 bits per heavy atom. The monoisotopic (exact) mass is 255 g/mol. The van der Waals surface area contributed by atoms with Crippen LogP contribution in [0.2, 0.25) is 0 Å². The normalized spacial score (nSPS) is 13.2. The number of thiazole rings is 1. The first kappa shape index (κ1) is 14.6. The fourth-order valence-electron chi connectivity index (χ4n) is 1.98. The summed E-state index contributed by atoms with van der Waals surface area (Å²) in [5, 5.41) is 6.72. The summed E-state index contributed by atoms with van der Waals surface area (Å²) < 4.78 is 0. The Balaban J connectivity index is 2.14. The lowest BCUT2D eigenvalue weighted by molar-refractivity contribution is 0.385. The third kappa shape index (κ3) is 6.15. The Hall–Kier alpha value is -0.450. The molecule has 0 amide bonds. The molecular formula is C13H25N3S. The highest BCUT2D eigenvalue weighted by Gasteiger charge is 2.08. The first-order valence-corrected chi connectivity index (χ1v) is 7.31. The molecule has 0 bridgehead atoms. The van der Waals surface area contributed by atoms with Crippen molar-refractivity contribution in [2.24, 2.45) is 17.6 Å². The Kier molecular flexibility index (Phi) is 6.70. The van der Waals surface area contributed by atoms with E-state index in [1.54, 1.807) is 11.3 Å². The van der Waals surface area contributed by atoms with Crippen LogP contribution in [0.1, 0.15) is 37.4 Å². The molecule has 1 unspecified atom stereocenters. The van der Waals surface area contributed by atoms with Crippen molar-refractivity contribution in [1.29, 1.82) is 0 Å². The van der Waals surface area contributed by atoms with E-state index in [9.17, 15) is 0 Å². The summed E-state index contributed by atoms with van der Waals surface area (Å²) in [6, 6.07) is 0. The smallest absolute Gasteiger partial charge is 0.107 e. The van der Waals surface area contributed by atoms with E-state index in [0.717, 1.165) is 31.2 Å². The predicted octanol–water partition coefficient (Wildman–Crippen LogP) is 2.55. The second-order valence-electron chi connectivity index (χ2n) is 5.08. The van der Waals surface area contributed by atoms with Gasteiger partial charge in [0, 0.05) is 17.6 Å². The van der Waals surface area contributed by atoms with Crippen LogP contribution in [0.3, 0.4) is 0 Å². The molecule has 0 fully saturated rings. The SMILES string of the molecule is Cc1csc(CNCCC(CN)CC(C)C)n1. The third-order valence-corrected chi connectivity index (χ3v) is 3.78. The summed E-state index contributed by atoms with van der Waals surface area (Å²) in [6.45, 7) is 9.27. The molecule has 0 aliphatic heterocycles. The molecule has 0 aliphatic rings. The lowest BCUT2D eigenvalue weighted by Gasteiger charge is -2.16. The highest BCUT2D eigenvalue weighted by Crippen LogP contribution is 2.13. The van der Waals surface area contributed by atoms with Gasteiger partial charge in [-0.2, -0.15) is 0 Å². The average molecular weight is 255 g/mol. The molecule has 0 saturated heterocycles. The number of rotatable bonds is 8. The minimum Gasteiger partial charge on any atom is -0.330 e. The van der Waals surface area contributed by atoms with Crippen LogP contribution < -0.4 is 11.1 Å². The molecule has 3 nitrogen and oxygen atoms in total. The lowest BCUT2D eigenvalue weighted by atomic mass is 9.94. The Bertz CT molecular complexity index is 309. The molecule has 4 heteroatoms. The molecule has 1 rings (SSSR count). The van der Waals surface area contributed by atoms with Gasteiger partial charge in [0.2, 0.25) is 0 Å². The van der Waals surface area contributed by atoms with Crippen molar-refractivity contribution in [2.75, 3.05) is 13.1 Å². The van der Waals surface area contributed by atoms with Crippen LogP contribution in [0.5, 0.6) is 0 Å². The van der Waals surface area contributed by atoms with Gasteiger partial charge in [0.1, 0.15) is 5.01 Å². The fourth-order valence-corrected chi connectivity index (χ4v) is 2.73. The zero-order valence-electron chi connectivity index (χ0n) is 11.2. The van der Waals surface area contributed by atoms with Crippen LogP contribution >= 0.6 is 11.3 Å². The van der Waals surface area contributed by atoms with Crippen LogP contribution in [-0.4, -0.2) is 18.1 Å². The van der Waals surface area contributed by atoms with E-state index in [-0.39, 0.29) is 0 Å². The van der Waals surface area contributed by atoms with Crippen LogP contribution in [0.25, 0.3) is 0 Å². The van der Waals surface area contributed by atoms with Crippen LogP contribution in [0.15, 0.2) is 5.38 Å². The molecule has 1 aromatic heterocycles. The summed E-state index contributed by atoms with van der Waals surface area (Å²) >= 11 is 1.73. The molecule has 0 saturated carbocycles. The van der Waals surface area contributed by atoms with Gasteiger partial charge in [-0.15, -0.1) is 11.3 Å². The van der Waals surface area contributed by atoms with E-state index in [2.05, 4.69) is 29.5 Å². The number of aromatic nitrogens is 1. The predicted molar refractivity (Wildman–Crippen MR) is 75.2 cm³/mol. The Morgan fingerprint density at radius 1 is 1.47 bits per heavy atom. The lowest BCUT2D eigenvalue weighted by Crippen LogP contribution is -2.23. The van der Waals surface area contributed by atoms with Crippen molar-refractivity contribution in [3.05, 3.63) is 16.1 Å². The number of nitrogens with zero attached hydrogens (tertiary/aromatic N) is 1. The standard InChI is InChI=1S/C13H25N3S/c1-10(2)6-12(7-14)4-5-15-8-13-16-11(3)9-17-13/h9-10,12,15H,4-8,14H2,1-3H3. The summed E-state index contributed by atoms with van der Waals surface area (Å²) in [7, 11) is 0. The molecule has 3 N–H and O–H groups in total. The minimum atomic E-state index is 0.653. The zero-order chi connectivity index (χ0) is 12.7. The molecule has 1 atom stereocenters. The van der Waals surface area contributed by atoms with Crippen molar-refractivity contribution in [3.63, 3.8) is 0 Å². The molecule has 1 heterocycles. The highest BCUT2D eigenvalue weighted by molar-refractivity contribution is 7.09. The maximum absolute atomic E-state index is 5.78. The topological polar surface area (TPSA) is 50.9 Å². The molecular weight excluding hydrogens is 230 g/mol. The second kappa shape index (κ2) is 7.80. The molecule has 0 aromatic carbocycles. The van der Waals surface area contributed by atoms with Gasteiger partial charge in [-0.05, 0) is 44.7 Å². The third-order valence-electron chi connectivity index (χ3n) is 2.81. The largest absolute Gasteiger partial charge is 0.330 e. The maximum Gasteiger partial charge on any atom is 0.107 e. The van der Waals surface area contributed by atoms with Gasteiger partial charge in [-0.3, -0.25) is 0 Å². The van der Waals surface area contributed by atoms with E-state index in [1.807, 2.05) is 6.92 Å². The van der Waals surface area contributed by atoms with Crippen molar-refractivity contribution in [3.8, 4) is 0 Å². The van der Waals surface area contributed by atoms with Crippen molar-refractivity contribution in [1.82, 2.24) is 10.3 Å². The van der Waals surface area contributed by atoms with Gasteiger partial charge in [0.15, 0.2) is 0 Å². The van der Waals surface area contributed by atoms with Crippen molar-refractivity contribution < 1.29 is 0 Å². The van der Waals surface area contributed by atoms with Crippen LogP contribution in [0, 0.1) is 18.8 Å². The fraction of sp³-hybridized carbons (Fsp3) is 0.769. The molecule has 0 radical (unpaired) electrons. The quantitative estimate of drug-likeness (QED) is 0.702. The van der Waals surface area contributed by atoms with Crippen LogP contribution in [0.4, 0.5) is 0 Å². The molecule has 0 aliphatic carbocycles. The highest BCUT2D eigenvalue weighted by atomic mass is 32.1. The van der Waals surface area contributed by atoms with Crippen molar-refractivity contribution in [2.45, 2.75) is 40.2 Å². The average Bonchev–Trinajstić information content (AvgIpc) is 2.68. The first-order chi connectivity index (χ1) is 8.11. The molecule has 17 heavy (non-hydrogen) atoms. The molecule has 98 valence electrons. The van der Waals surface area contributed by atoms with Crippen molar-refractivity contribution >= 4 is 11.3 Å².